The summed E-state index contributed by atoms with van der Waals surface area (Å²) in [7, 11) is 0. The van der Waals surface area contributed by atoms with Crippen molar-refractivity contribution in [2.45, 2.75) is 70.4 Å². The van der Waals surface area contributed by atoms with Crippen molar-refractivity contribution in [3.63, 3.8) is 0 Å². The highest BCUT2D eigenvalue weighted by atomic mass is 35.5. The summed E-state index contributed by atoms with van der Waals surface area (Å²) in [5, 5.41) is 3.65. The summed E-state index contributed by atoms with van der Waals surface area (Å²) in [6.45, 7) is 6.06. The molecule has 2 aromatic carbocycles. The first kappa shape index (κ1) is 28.4. The summed E-state index contributed by atoms with van der Waals surface area (Å²) >= 11 is 5.91. The molecule has 4 heterocycles. The molecule has 2 bridgehead atoms. The van der Waals surface area contributed by atoms with Gasteiger partial charge in [-0.2, -0.15) is 0 Å². The van der Waals surface area contributed by atoms with Crippen molar-refractivity contribution in [3.05, 3.63) is 70.8 Å². The van der Waals surface area contributed by atoms with Gasteiger partial charge in [0.2, 0.25) is 5.79 Å². The van der Waals surface area contributed by atoms with Crippen LogP contribution in [0.3, 0.4) is 0 Å². The second-order valence-corrected chi connectivity index (χ2v) is 12.4. The lowest BCUT2D eigenvalue weighted by Crippen LogP contribution is -2.72. The number of ether oxygens (including phenoxy) is 3. The van der Waals surface area contributed by atoms with E-state index in [0.29, 0.717) is 22.3 Å². The standard InChI is InChI=1S/C32H36ClNO7/c1-19-4-14-26-20(2)29(38-30-32(26)25(19)16-17-31(3,39-30)40-41-32)34-28(36)18-37-24-12-8-22(9-13-24)27(35)15-7-21-5-10-23(33)11-6-21/h5-13,15,19-20,25-26,29-30H,4,14,16-18H2,1-3H3,(H,34,36)/b15-7+/t19-,20-,25+,26+,29+,30-,31-,32-/m1/s1. The number of halogens is 1. The second kappa shape index (κ2) is 11.2. The highest BCUT2D eigenvalue weighted by Crippen LogP contribution is 2.60. The van der Waals surface area contributed by atoms with E-state index in [1.165, 1.54) is 6.08 Å². The smallest absolute Gasteiger partial charge is 0.259 e. The van der Waals surface area contributed by atoms with Crippen LogP contribution in [-0.4, -0.2) is 42.2 Å². The van der Waals surface area contributed by atoms with Crippen LogP contribution < -0.4 is 10.1 Å². The highest BCUT2D eigenvalue weighted by Gasteiger charge is 2.69. The van der Waals surface area contributed by atoms with Gasteiger partial charge in [-0.15, -0.1) is 0 Å². The first-order chi connectivity index (χ1) is 19.7. The molecule has 5 fully saturated rings. The highest BCUT2D eigenvalue weighted by molar-refractivity contribution is 6.30. The van der Waals surface area contributed by atoms with E-state index in [1.807, 2.05) is 19.1 Å². The minimum absolute atomic E-state index is 0.00826. The summed E-state index contributed by atoms with van der Waals surface area (Å²) in [5.74, 6) is 0.0330. The lowest BCUT2D eigenvalue weighted by Gasteiger charge is -2.60. The van der Waals surface area contributed by atoms with Gasteiger partial charge in [-0.25, -0.2) is 9.78 Å². The Kier molecular flexibility index (Phi) is 7.72. The first-order valence-electron chi connectivity index (χ1n) is 14.4. The van der Waals surface area contributed by atoms with Crippen molar-refractivity contribution in [1.82, 2.24) is 5.32 Å². The Morgan fingerprint density at radius 1 is 1.02 bits per heavy atom. The summed E-state index contributed by atoms with van der Waals surface area (Å²) in [6.07, 6.45) is 5.81. The topological polar surface area (TPSA) is 92.3 Å². The zero-order valence-corrected chi connectivity index (χ0v) is 24.3. The Morgan fingerprint density at radius 3 is 2.54 bits per heavy atom. The van der Waals surface area contributed by atoms with Crippen LogP contribution in [0, 0.1) is 23.7 Å². The van der Waals surface area contributed by atoms with Crippen LogP contribution in [0.2, 0.25) is 5.02 Å². The number of carbonyl (C=O) groups excluding carboxylic acids is 2. The van der Waals surface area contributed by atoms with Crippen LogP contribution in [0.25, 0.3) is 6.08 Å². The van der Waals surface area contributed by atoms with Crippen molar-refractivity contribution < 1.29 is 33.6 Å². The number of fused-ring (bicyclic) bond motifs is 2. The van der Waals surface area contributed by atoms with Crippen molar-refractivity contribution in [2.24, 2.45) is 23.7 Å². The molecule has 4 saturated heterocycles. The molecule has 9 heteroatoms. The summed E-state index contributed by atoms with van der Waals surface area (Å²) < 4.78 is 18.5. The fourth-order valence-corrected chi connectivity index (χ4v) is 7.10. The molecule has 4 aliphatic heterocycles. The maximum absolute atomic E-state index is 12.9. The molecule has 1 spiro atoms. The van der Waals surface area contributed by atoms with Crippen LogP contribution in [0.15, 0.2) is 54.6 Å². The van der Waals surface area contributed by atoms with Gasteiger partial charge in [0, 0.05) is 28.8 Å². The van der Waals surface area contributed by atoms with Gasteiger partial charge < -0.3 is 19.5 Å². The van der Waals surface area contributed by atoms with Crippen molar-refractivity contribution in [3.8, 4) is 5.75 Å². The maximum atomic E-state index is 12.9. The Bertz CT molecular complexity index is 1310. The predicted octanol–water partition coefficient (Wildman–Crippen LogP) is 5.94. The van der Waals surface area contributed by atoms with Gasteiger partial charge >= 0.3 is 0 Å². The van der Waals surface area contributed by atoms with Gasteiger partial charge in [0.05, 0.1) is 0 Å². The number of rotatable bonds is 7. The third-order valence-corrected chi connectivity index (χ3v) is 9.52. The summed E-state index contributed by atoms with van der Waals surface area (Å²) in [4.78, 5) is 37.5. The number of amides is 1. The minimum Gasteiger partial charge on any atom is -0.484 e. The second-order valence-electron chi connectivity index (χ2n) is 12.0. The number of hydrogen-bond donors (Lipinski definition) is 1. The van der Waals surface area contributed by atoms with Crippen LogP contribution in [0.5, 0.6) is 5.75 Å². The van der Waals surface area contributed by atoms with Crippen LogP contribution in [0.4, 0.5) is 0 Å². The molecule has 41 heavy (non-hydrogen) atoms. The lowest BCUT2D eigenvalue weighted by molar-refractivity contribution is -0.571. The summed E-state index contributed by atoms with van der Waals surface area (Å²) in [6, 6.07) is 13.9. The van der Waals surface area contributed by atoms with Gasteiger partial charge in [-0.05, 0) is 86.1 Å². The van der Waals surface area contributed by atoms with Crippen molar-refractivity contribution in [2.75, 3.05) is 6.61 Å². The van der Waals surface area contributed by atoms with Crippen LogP contribution in [0.1, 0.15) is 62.4 Å². The molecule has 8 atom stereocenters. The molecule has 1 aliphatic carbocycles. The lowest BCUT2D eigenvalue weighted by atomic mass is 9.58. The van der Waals surface area contributed by atoms with E-state index in [4.69, 9.17) is 35.6 Å². The largest absolute Gasteiger partial charge is 0.484 e. The zero-order valence-electron chi connectivity index (χ0n) is 23.5. The molecule has 8 nitrogen and oxygen atoms in total. The molecular weight excluding hydrogens is 546 g/mol. The number of hydrogen-bond acceptors (Lipinski definition) is 7. The Morgan fingerprint density at radius 2 is 1.78 bits per heavy atom. The zero-order chi connectivity index (χ0) is 28.8. The molecular formula is C32H36ClNO7. The molecule has 1 amide bonds. The third-order valence-electron chi connectivity index (χ3n) is 9.27. The number of ketones is 1. The molecule has 1 N–H and O–H groups in total. The van der Waals surface area contributed by atoms with E-state index in [9.17, 15) is 9.59 Å². The van der Waals surface area contributed by atoms with Gasteiger partial charge in [0.15, 0.2) is 24.3 Å². The summed E-state index contributed by atoms with van der Waals surface area (Å²) in [5.41, 5.74) is 0.725. The monoisotopic (exact) mass is 581 g/mol. The molecule has 7 rings (SSSR count). The Labute approximate surface area is 245 Å². The van der Waals surface area contributed by atoms with E-state index in [1.54, 1.807) is 42.5 Å². The molecule has 2 aromatic rings. The number of carbonyl (C=O) groups is 2. The van der Waals surface area contributed by atoms with E-state index >= 15 is 0 Å². The molecule has 0 radical (unpaired) electrons. The fourth-order valence-electron chi connectivity index (χ4n) is 6.98. The normalized spacial score (nSPS) is 35.9. The molecule has 5 aliphatic rings. The Balaban J connectivity index is 1.06. The van der Waals surface area contributed by atoms with E-state index in [0.717, 1.165) is 31.2 Å². The molecule has 0 aromatic heterocycles. The SMILES string of the molecule is C[C@H]1[C@@H](NC(=O)COc2ccc(C(=O)/C=C/c3ccc(Cl)cc3)cc2)O[C@@H]2O[C@@]3(C)CC[C@H]4[C@H](C)CC[C@@H]1[C@@]24OO3. The first-order valence-corrected chi connectivity index (χ1v) is 14.7. The van der Waals surface area contributed by atoms with E-state index in [-0.39, 0.29) is 36.1 Å². The average molecular weight is 582 g/mol. The number of nitrogens with one attached hydrogen (secondary N) is 1. The van der Waals surface area contributed by atoms with Gasteiger partial charge in [-0.1, -0.05) is 43.7 Å². The van der Waals surface area contributed by atoms with Crippen molar-refractivity contribution >= 4 is 29.4 Å². The third kappa shape index (κ3) is 5.44. The molecule has 1 saturated carbocycles. The quantitative estimate of drug-likeness (QED) is 0.246. The van der Waals surface area contributed by atoms with E-state index in [2.05, 4.69) is 19.2 Å². The van der Waals surface area contributed by atoms with E-state index < -0.39 is 23.9 Å². The maximum Gasteiger partial charge on any atom is 0.259 e. The average Bonchev–Trinajstić information content (AvgIpc) is 3.20. The van der Waals surface area contributed by atoms with Gasteiger partial charge in [0.25, 0.3) is 5.91 Å². The number of benzene rings is 2. The molecule has 218 valence electrons. The minimum atomic E-state index is -0.866. The van der Waals surface area contributed by atoms with Crippen LogP contribution in [-0.2, 0) is 24.0 Å². The molecule has 0 unspecified atom stereocenters. The predicted molar refractivity (Wildman–Crippen MR) is 152 cm³/mol. The number of allylic oxidation sites excluding steroid dienone is 1. The van der Waals surface area contributed by atoms with Crippen molar-refractivity contribution in [1.29, 1.82) is 0 Å². The fraction of sp³-hybridized carbons (Fsp3) is 0.500. The van der Waals surface area contributed by atoms with Gasteiger partial charge in [0.1, 0.15) is 12.0 Å². The van der Waals surface area contributed by atoms with Gasteiger partial charge in [-0.3, -0.25) is 9.59 Å². The van der Waals surface area contributed by atoms with Crippen LogP contribution >= 0.6 is 11.6 Å². The Hall–Kier alpha value is -2.75.